The first kappa shape index (κ1) is 24.5. The summed E-state index contributed by atoms with van der Waals surface area (Å²) >= 11 is 0. The molecule has 174 valence electrons. The van der Waals surface area contributed by atoms with Gasteiger partial charge in [0.25, 0.3) is 0 Å². The lowest BCUT2D eigenvalue weighted by Crippen LogP contribution is -2.02. The number of allylic oxidation sites excluding steroid dienone is 1. The summed E-state index contributed by atoms with van der Waals surface area (Å²) in [6.07, 6.45) is -3.97. The molecule has 3 rings (SSSR count). The van der Waals surface area contributed by atoms with E-state index in [4.69, 9.17) is 0 Å². The quantitative estimate of drug-likeness (QED) is 0.321. The molecule has 0 unspecified atom stereocenters. The van der Waals surface area contributed by atoms with Crippen molar-refractivity contribution < 1.29 is 35.1 Å². The van der Waals surface area contributed by atoms with Gasteiger partial charge in [-0.1, -0.05) is 19.1 Å². The molecule has 0 fully saturated rings. The van der Waals surface area contributed by atoms with Crippen LogP contribution >= 0.6 is 0 Å². The number of rotatable bonds is 6. The summed E-state index contributed by atoms with van der Waals surface area (Å²) in [5, 5.41) is 0. The molecular weight excluding hydrogens is 452 g/mol. The Labute approximate surface area is 185 Å². The Balaban J connectivity index is 1.86. The molecule has 0 atom stereocenters. The van der Waals surface area contributed by atoms with E-state index < -0.39 is 52.0 Å². The van der Waals surface area contributed by atoms with Gasteiger partial charge in [-0.05, 0) is 77.9 Å². The van der Waals surface area contributed by atoms with Gasteiger partial charge in [0, 0.05) is 11.6 Å². The third-order valence-corrected chi connectivity index (χ3v) is 5.12. The Kier molecular flexibility index (Phi) is 7.25. The second kappa shape index (κ2) is 9.77. The highest BCUT2D eigenvalue weighted by molar-refractivity contribution is 5.68. The topological polar surface area (TPSA) is 0 Å². The summed E-state index contributed by atoms with van der Waals surface area (Å²) in [7, 11) is 0. The van der Waals surface area contributed by atoms with Crippen molar-refractivity contribution in [2.24, 2.45) is 0 Å². The summed E-state index contributed by atoms with van der Waals surface area (Å²) in [5.74, 6) is -5.44. The zero-order valence-corrected chi connectivity index (χ0v) is 17.3. The SMILES string of the molecule is CCc1ccc(CCc2cc(F)c(-c3cc(F)c(C=CC(F)(F)F)c(F)c3)c(F)c2)c(F)c1. The molecule has 0 nitrogen and oxygen atoms in total. The van der Waals surface area contributed by atoms with Crippen LogP contribution in [0.3, 0.4) is 0 Å². The van der Waals surface area contributed by atoms with Crippen molar-refractivity contribution in [1.82, 2.24) is 0 Å². The minimum atomic E-state index is -4.79. The highest BCUT2D eigenvalue weighted by Gasteiger charge is 2.23. The minimum Gasteiger partial charge on any atom is -0.207 e. The molecule has 0 aromatic heterocycles. The number of halogens is 8. The second-order valence-electron chi connectivity index (χ2n) is 7.44. The molecule has 0 aliphatic carbocycles. The molecule has 0 aliphatic heterocycles. The van der Waals surface area contributed by atoms with Crippen molar-refractivity contribution in [3.05, 3.63) is 99.9 Å². The average molecular weight is 470 g/mol. The van der Waals surface area contributed by atoms with Gasteiger partial charge in [-0.15, -0.1) is 0 Å². The van der Waals surface area contributed by atoms with E-state index >= 15 is 0 Å². The van der Waals surface area contributed by atoms with Crippen LogP contribution < -0.4 is 0 Å². The monoisotopic (exact) mass is 470 g/mol. The van der Waals surface area contributed by atoms with Crippen molar-refractivity contribution in [2.45, 2.75) is 32.4 Å². The Morgan fingerprint density at radius 1 is 0.697 bits per heavy atom. The van der Waals surface area contributed by atoms with Crippen LogP contribution in [0.5, 0.6) is 0 Å². The van der Waals surface area contributed by atoms with E-state index in [1.165, 1.54) is 6.07 Å². The van der Waals surface area contributed by atoms with Crippen LogP contribution in [0.25, 0.3) is 17.2 Å². The molecule has 0 saturated carbocycles. The first-order valence-electron chi connectivity index (χ1n) is 9.99. The van der Waals surface area contributed by atoms with Gasteiger partial charge in [-0.2, -0.15) is 13.2 Å². The molecule has 3 aromatic rings. The van der Waals surface area contributed by atoms with E-state index in [0.717, 1.165) is 17.7 Å². The fourth-order valence-electron chi connectivity index (χ4n) is 3.40. The van der Waals surface area contributed by atoms with E-state index in [2.05, 4.69) is 0 Å². The Morgan fingerprint density at radius 3 is 1.79 bits per heavy atom. The molecule has 3 aromatic carbocycles. The van der Waals surface area contributed by atoms with Gasteiger partial charge >= 0.3 is 6.18 Å². The lowest BCUT2D eigenvalue weighted by molar-refractivity contribution is -0.0790. The van der Waals surface area contributed by atoms with Gasteiger partial charge in [-0.3, -0.25) is 0 Å². The normalized spacial score (nSPS) is 12.0. The molecule has 8 heteroatoms. The van der Waals surface area contributed by atoms with Crippen molar-refractivity contribution in [1.29, 1.82) is 0 Å². The molecular formula is C25H18F8. The predicted octanol–water partition coefficient (Wildman–Crippen LogP) is 7.97. The maximum Gasteiger partial charge on any atom is 0.409 e. The van der Waals surface area contributed by atoms with Crippen LogP contribution in [0.2, 0.25) is 0 Å². The van der Waals surface area contributed by atoms with E-state index in [0.29, 0.717) is 24.1 Å². The van der Waals surface area contributed by atoms with Gasteiger partial charge in [-0.25, -0.2) is 22.0 Å². The highest BCUT2D eigenvalue weighted by atomic mass is 19.4. The number of hydrogen-bond acceptors (Lipinski definition) is 0. The molecule has 0 bridgehead atoms. The van der Waals surface area contributed by atoms with E-state index in [9.17, 15) is 35.1 Å². The smallest absolute Gasteiger partial charge is 0.207 e. The fraction of sp³-hybridized carbons (Fsp3) is 0.200. The molecule has 0 saturated heterocycles. The zero-order valence-electron chi connectivity index (χ0n) is 17.3. The number of hydrogen-bond donors (Lipinski definition) is 0. The summed E-state index contributed by atoms with van der Waals surface area (Å²) in [6, 6.07) is 7.84. The van der Waals surface area contributed by atoms with Crippen LogP contribution in [-0.4, -0.2) is 6.18 Å². The standard InChI is InChI=1S/C25H18F8/c1-2-14-3-5-16(19(26)9-14)6-4-15-10-22(29)24(23(30)11-15)17-12-20(27)18(21(28)13-17)7-8-25(31,32)33/h3,5,7-13H,2,4,6H2,1H3. The van der Waals surface area contributed by atoms with Crippen molar-refractivity contribution >= 4 is 6.08 Å². The largest absolute Gasteiger partial charge is 0.409 e. The van der Waals surface area contributed by atoms with Gasteiger partial charge in [0.05, 0.1) is 5.56 Å². The van der Waals surface area contributed by atoms with Crippen LogP contribution in [-0.2, 0) is 19.3 Å². The summed E-state index contributed by atoms with van der Waals surface area (Å²) in [6.45, 7) is 1.88. The first-order valence-corrected chi connectivity index (χ1v) is 9.99. The van der Waals surface area contributed by atoms with E-state index in [-0.39, 0.29) is 30.6 Å². The molecule has 0 aliphatic rings. The molecule has 0 heterocycles. The summed E-state index contributed by atoms with van der Waals surface area (Å²) in [5.41, 5.74) is -0.804. The maximum atomic E-state index is 14.6. The predicted molar refractivity (Wildman–Crippen MR) is 110 cm³/mol. The average Bonchev–Trinajstić information content (AvgIpc) is 2.71. The molecule has 0 N–H and O–H groups in total. The zero-order chi connectivity index (χ0) is 24.3. The fourth-order valence-corrected chi connectivity index (χ4v) is 3.40. The van der Waals surface area contributed by atoms with Crippen LogP contribution in [0.15, 0.2) is 48.5 Å². The Hall–Kier alpha value is -3.16. The van der Waals surface area contributed by atoms with E-state index in [1.807, 2.05) is 6.92 Å². The third-order valence-electron chi connectivity index (χ3n) is 5.12. The Bertz CT molecular complexity index is 1150. The molecule has 0 radical (unpaired) electrons. The Morgan fingerprint density at radius 2 is 1.27 bits per heavy atom. The third kappa shape index (κ3) is 6.00. The lowest BCUT2D eigenvalue weighted by atomic mass is 9.97. The van der Waals surface area contributed by atoms with Crippen LogP contribution in [0.1, 0.15) is 29.2 Å². The van der Waals surface area contributed by atoms with Gasteiger partial charge in [0.15, 0.2) is 0 Å². The van der Waals surface area contributed by atoms with Crippen molar-refractivity contribution in [2.75, 3.05) is 0 Å². The lowest BCUT2D eigenvalue weighted by Gasteiger charge is -2.11. The molecule has 0 amide bonds. The maximum absolute atomic E-state index is 14.6. The summed E-state index contributed by atoms with van der Waals surface area (Å²) in [4.78, 5) is 0. The first-order chi connectivity index (χ1) is 15.5. The minimum absolute atomic E-state index is 0.112. The number of aryl methyl sites for hydroxylation is 3. The van der Waals surface area contributed by atoms with Gasteiger partial charge in [0.2, 0.25) is 0 Å². The second-order valence-corrected chi connectivity index (χ2v) is 7.44. The number of benzene rings is 3. The van der Waals surface area contributed by atoms with Crippen molar-refractivity contribution in [3.63, 3.8) is 0 Å². The molecule has 33 heavy (non-hydrogen) atoms. The number of alkyl halides is 3. The summed E-state index contributed by atoms with van der Waals surface area (Å²) < 4.78 is 109. The van der Waals surface area contributed by atoms with Crippen LogP contribution in [0, 0.1) is 29.1 Å². The van der Waals surface area contributed by atoms with Crippen molar-refractivity contribution in [3.8, 4) is 11.1 Å². The van der Waals surface area contributed by atoms with E-state index in [1.54, 1.807) is 12.1 Å². The highest BCUT2D eigenvalue weighted by Crippen LogP contribution is 2.31. The van der Waals surface area contributed by atoms with Gasteiger partial charge < -0.3 is 0 Å². The van der Waals surface area contributed by atoms with Crippen LogP contribution in [0.4, 0.5) is 35.1 Å². The van der Waals surface area contributed by atoms with Gasteiger partial charge in [0.1, 0.15) is 29.1 Å². The molecule has 0 spiro atoms.